The molecule has 1 aromatic rings. The summed E-state index contributed by atoms with van der Waals surface area (Å²) in [6.07, 6.45) is -1.59. The Labute approximate surface area is 98.3 Å². The molecule has 1 aliphatic heterocycles. The van der Waals surface area contributed by atoms with E-state index < -0.39 is 17.1 Å². The van der Waals surface area contributed by atoms with Crippen molar-refractivity contribution in [1.29, 1.82) is 0 Å². The molecule has 0 radical (unpaired) electrons. The number of nitro benzene ring substituents is 1. The second-order valence-corrected chi connectivity index (χ2v) is 4.27. The molecule has 1 fully saturated rings. The Balaban J connectivity index is 2.28. The number of aliphatic hydroxyl groups is 2. The average molecular weight is 238 g/mol. The first-order chi connectivity index (χ1) is 7.99. The van der Waals surface area contributed by atoms with Crippen molar-refractivity contribution in [3.63, 3.8) is 0 Å². The molecule has 0 aromatic heterocycles. The van der Waals surface area contributed by atoms with Crippen LogP contribution in [0.1, 0.15) is 5.56 Å². The van der Waals surface area contributed by atoms with Gasteiger partial charge in [0.25, 0.3) is 5.69 Å². The molecule has 17 heavy (non-hydrogen) atoms. The molecule has 2 N–H and O–H groups in total. The Morgan fingerprint density at radius 1 is 1.35 bits per heavy atom. The fourth-order valence-corrected chi connectivity index (χ4v) is 1.97. The van der Waals surface area contributed by atoms with Crippen LogP contribution in [-0.2, 0) is 0 Å². The Kier molecular flexibility index (Phi) is 2.99. The summed E-state index contributed by atoms with van der Waals surface area (Å²) >= 11 is 0. The number of benzene rings is 1. The predicted molar refractivity (Wildman–Crippen MR) is 62.1 cm³/mol. The Hall–Kier alpha value is -1.66. The zero-order valence-electron chi connectivity index (χ0n) is 9.41. The van der Waals surface area contributed by atoms with E-state index in [-0.39, 0.29) is 5.69 Å². The van der Waals surface area contributed by atoms with E-state index in [9.17, 15) is 20.3 Å². The van der Waals surface area contributed by atoms with E-state index >= 15 is 0 Å². The lowest BCUT2D eigenvalue weighted by molar-refractivity contribution is -0.385. The van der Waals surface area contributed by atoms with E-state index in [1.54, 1.807) is 24.0 Å². The second-order valence-electron chi connectivity index (χ2n) is 4.27. The van der Waals surface area contributed by atoms with Crippen molar-refractivity contribution in [3.8, 4) is 0 Å². The normalized spacial score (nSPS) is 24.1. The van der Waals surface area contributed by atoms with Gasteiger partial charge in [0.1, 0.15) is 0 Å². The molecule has 1 saturated heterocycles. The smallest absolute Gasteiger partial charge is 0.274 e. The number of β-amino-alcohol motifs (C(OH)–C–C–N with tert-alkyl or cyclic N) is 2. The van der Waals surface area contributed by atoms with Crippen molar-refractivity contribution in [2.75, 3.05) is 18.0 Å². The zero-order chi connectivity index (χ0) is 12.6. The Morgan fingerprint density at radius 2 is 1.94 bits per heavy atom. The highest BCUT2D eigenvalue weighted by atomic mass is 16.6. The van der Waals surface area contributed by atoms with E-state index in [2.05, 4.69) is 0 Å². The Morgan fingerprint density at radius 3 is 2.47 bits per heavy atom. The van der Waals surface area contributed by atoms with Gasteiger partial charge in [-0.1, -0.05) is 6.07 Å². The summed E-state index contributed by atoms with van der Waals surface area (Å²) in [5.74, 6) is 0. The van der Waals surface area contributed by atoms with Gasteiger partial charge in [-0.2, -0.15) is 0 Å². The summed E-state index contributed by atoms with van der Waals surface area (Å²) in [6.45, 7) is 2.26. The number of nitro groups is 1. The van der Waals surface area contributed by atoms with Gasteiger partial charge >= 0.3 is 0 Å². The first-order valence-corrected chi connectivity index (χ1v) is 5.35. The number of nitrogens with zero attached hydrogens (tertiary/aromatic N) is 2. The van der Waals surface area contributed by atoms with Crippen molar-refractivity contribution >= 4 is 11.4 Å². The molecular formula is C11H14N2O4. The molecular weight excluding hydrogens is 224 g/mol. The average Bonchev–Trinajstić information content (AvgIpc) is 2.59. The molecule has 1 heterocycles. The molecule has 1 aromatic carbocycles. The van der Waals surface area contributed by atoms with Crippen molar-refractivity contribution in [1.82, 2.24) is 0 Å². The van der Waals surface area contributed by atoms with Gasteiger partial charge in [0.2, 0.25) is 0 Å². The van der Waals surface area contributed by atoms with Crippen LogP contribution in [0.2, 0.25) is 0 Å². The van der Waals surface area contributed by atoms with Crippen molar-refractivity contribution < 1.29 is 15.1 Å². The monoisotopic (exact) mass is 238 g/mol. The van der Waals surface area contributed by atoms with Gasteiger partial charge in [0, 0.05) is 30.4 Å². The number of anilines is 1. The van der Waals surface area contributed by atoms with Crippen LogP contribution < -0.4 is 4.90 Å². The maximum absolute atomic E-state index is 10.8. The number of hydrogen-bond donors (Lipinski definition) is 2. The molecule has 6 heteroatoms. The lowest BCUT2D eigenvalue weighted by atomic mass is 10.2. The number of hydrogen-bond acceptors (Lipinski definition) is 5. The van der Waals surface area contributed by atoms with E-state index in [1.807, 2.05) is 0 Å². The standard InChI is InChI=1S/C11H14N2O4/c1-7-2-3-8(4-9(7)13(16)17)12-5-10(14)11(15)6-12/h2-4,10-11,14-15H,5-6H2,1H3. The SMILES string of the molecule is Cc1ccc(N2CC(O)C(O)C2)cc1[N+](=O)[O-]. The van der Waals surface area contributed by atoms with Crippen LogP contribution in [0.5, 0.6) is 0 Å². The number of aryl methyl sites for hydroxylation is 1. The summed E-state index contributed by atoms with van der Waals surface area (Å²) in [5, 5.41) is 29.7. The number of rotatable bonds is 2. The van der Waals surface area contributed by atoms with E-state index in [0.29, 0.717) is 24.3 Å². The van der Waals surface area contributed by atoms with Crippen LogP contribution in [0.3, 0.4) is 0 Å². The molecule has 92 valence electrons. The van der Waals surface area contributed by atoms with E-state index in [4.69, 9.17) is 0 Å². The minimum absolute atomic E-state index is 0.0541. The van der Waals surface area contributed by atoms with Crippen molar-refractivity contribution in [3.05, 3.63) is 33.9 Å². The minimum atomic E-state index is -0.796. The van der Waals surface area contributed by atoms with Crippen molar-refractivity contribution in [2.24, 2.45) is 0 Å². The van der Waals surface area contributed by atoms with Crippen LogP contribution in [0, 0.1) is 17.0 Å². The Bertz CT molecular complexity index is 439. The fourth-order valence-electron chi connectivity index (χ4n) is 1.97. The molecule has 0 amide bonds. The molecule has 2 atom stereocenters. The van der Waals surface area contributed by atoms with Gasteiger partial charge in [-0.3, -0.25) is 10.1 Å². The highest BCUT2D eigenvalue weighted by Gasteiger charge is 2.30. The third-order valence-corrected chi connectivity index (χ3v) is 3.01. The number of aliphatic hydroxyl groups excluding tert-OH is 2. The second kappa shape index (κ2) is 4.31. The van der Waals surface area contributed by atoms with E-state index in [0.717, 1.165) is 0 Å². The molecule has 0 bridgehead atoms. The third kappa shape index (κ3) is 2.22. The quantitative estimate of drug-likeness (QED) is 0.577. The largest absolute Gasteiger partial charge is 0.389 e. The maximum atomic E-state index is 10.8. The van der Waals surface area contributed by atoms with Crippen molar-refractivity contribution in [2.45, 2.75) is 19.1 Å². The first-order valence-electron chi connectivity index (χ1n) is 5.35. The van der Waals surface area contributed by atoms with Gasteiger partial charge in [0.15, 0.2) is 0 Å². The topological polar surface area (TPSA) is 86.8 Å². The molecule has 1 aliphatic rings. The van der Waals surface area contributed by atoms with Crippen LogP contribution in [0.25, 0.3) is 0 Å². The minimum Gasteiger partial charge on any atom is -0.389 e. The zero-order valence-corrected chi connectivity index (χ0v) is 9.41. The van der Waals surface area contributed by atoms with Crippen LogP contribution >= 0.6 is 0 Å². The van der Waals surface area contributed by atoms with Crippen LogP contribution in [-0.4, -0.2) is 40.4 Å². The lowest BCUT2D eigenvalue weighted by Gasteiger charge is -2.17. The first kappa shape index (κ1) is 11.8. The molecule has 0 saturated carbocycles. The van der Waals surface area contributed by atoms with Gasteiger partial charge in [-0.05, 0) is 13.0 Å². The summed E-state index contributed by atoms with van der Waals surface area (Å²) in [7, 11) is 0. The summed E-state index contributed by atoms with van der Waals surface area (Å²) in [5.41, 5.74) is 1.30. The van der Waals surface area contributed by atoms with Crippen LogP contribution in [0.4, 0.5) is 11.4 Å². The van der Waals surface area contributed by atoms with E-state index in [1.165, 1.54) is 6.07 Å². The predicted octanol–water partition coefficient (Wildman–Crippen LogP) is 0.445. The fraction of sp³-hybridized carbons (Fsp3) is 0.455. The highest BCUT2D eigenvalue weighted by Crippen LogP contribution is 2.27. The molecule has 2 unspecified atom stereocenters. The van der Waals surface area contributed by atoms with Gasteiger partial charge in [-0.15, -0.1) is 0 Å². The van der Waals surface area contributed by atoms with Gasteiger partial charge < -0.3 is 15.1 Å². The van der Waals surface area contributed by atoms with Gasteiger partial charge in [0.05, 0.1) is 17.1 Å². The third-order valence-electron chi connectivity index (χ3n) is 3.01. The molecule has 0 aliphatic carbocycles. The van der Waals surface area contributed by atoms with Crippen LogP contribution in [0.15, 0.2) is 18.2 Å². The summed E-state index contributed by atoms with van der Waals surface area (Å²) in [4.78, 5) is 12.1. The molecule has 2 rings (SSSR count). The highest BCUT2D eigenvalue weighted by molar-refractivity contribution is 5.57. The maximum Gasteiger partial charge on any atom is 0.274 e. The summed E-state index contributed by atoms with van der Waals surface area (Å²) < 4.78 is 0. The molecule has 0 spiro atoms. The van der Waals surface area contributed by atoms with Gasteiger partial charge in [-0.25, -0.2) is 0 Å². The summed E-state index contributed by atoms with van der Waals surface area (Å²) in [6, 6.07) is 4.90. The lowest BCUT2D eigenvalue weighted by Crippen LogP contribution is -2.22. The molecule has 6 nitrogen and oxygen atoms in total.